The number of hydrazone groups is 1. The predicted octanol–water partition coefficient (Wildman–Crippen LogP) is 3.30. The van der Waals surface area contributed by atoms with E-state index in [9.17, 15) is 4.79 Å². The summed E-state index contributed by atoms with van der Waals surface area (Å²) < 4.78 is 17.6. The van der Waals surface area contributed by atoms with E-state index < -0.39 is 5.72 Å². The van der Waals surface area contributed by atoms with E-state index in [1.54, 1.807) is 6.92 Å². The lowest BCUT2D eigenvalue weighted by atomic mass is 9.90. The highest BCUT2D eigenvalue weighted by atomic mass is 16.7. The summed E-state index contributed by atoms with van der Waals surface area (Å²) in [5.41, 5.74) is 2.70. The van der Waals surface area contributed by atoms with Crippen molar-refractivity contribution in [2.45, 2.75) is 38.0 Å². The van der Waals surface area contributed by atoms with E-state index in [4.69, 9.17) is 19.3 Å². The van der Waals surface area contributed by atoms with Crippen molar-refractivity contribution in [1.82, 2.24) is 9.91 Å². The quantitative estimate of drug-likeness (QED) is 0.729. The number of carbonyl (C=O) groups excluding carboxylic acids is 1. The molecule has 6 rings (SSSR count). The minimum absolute atomic E-state index is 0.114. The average molecular weight is 405 g/mol. The Morgan fingerprint density at radius 3 is 2.70 bits per heavy atom. The third-order valence-electron chi connectivity index (χ3n) is 6.60. The molecule has 0 saturated carbocycles. The summed E-state index contributed by atoms with van der Waals surface area (Å²) in [5.74, 6) is 2.58. The first-order valence-corrected chi connectivity index (χ1v) is 10.4. The maximum atomic E-state index is 11.8. The Hall–Kier alpha value is -3.22. The van der Waals surface area contributed by atoms with Crippen LogP contribution in [0.15, 0.2) is 47.6 Å². The summed E-state index contributed by atoms with van der Waals surface area (Å²) in [6.07, 6.45) is 2.27. The zero-order chi connectivity index (χ0) is 20.3. The van der Waals surface area contributed by atoms with Gasteiger partial charge in [0.1, 0.15) is 5.75 Å². The summed E-state index contributed by atoms with van der Waals surface area (Å²) in [6, 6.07) is 14.4. The molecule has 154 valence electrons. The van der Waals surface area contributed by atoms with Crippen LogP contribution in [0.3, 0.4) is 0 Å². The average Bonchev–Trinajstić information content (AvgIpc) is 3.41. The van der Waals surface area contributed by atoms with Crippen LogP contribution in [0.2, 0.25) is 0 Å². The molecule has 2 aromatic rings. The standard InChI is InChI=1S/C23H23N3O4/c1-15(27)25-10-8-23(9-11-25)26-19(17-4-2-3-5-20(17)30-23)13-18(24-26)16-6-7-21-22(12-16)29-14-28-21/h2-7,12,19H,8-11,13-14H2,1H3/t19-/m1/s1. The van der Waals surface area contributed by atoms with Crippen LogP contribution < -0.4 is 14.2 Å². The van der Waals surface area contributed by atoms with E-state index in [2.05, 4.69) is 17.1 Å². The fourth-order valence-corrected chi connectivity index (χ4v) is 4.98. The van der Waals surface area contributed by atoms with E-state index >= 15 is 0 Å². The van der Waals surface area contributed by atoms with Crippen molar-refractivity contribution in [1.29, 1.82) is 0 Å². The lowest BCUT2D eigenvalue weighted by Gasteiger charge is -2.51. The van der Waals surface area contributed by atoms with Crippen LogP contribution in [0.5, 0.6) is 17.2 Å². The fraction of sp³-hybridized carbons (Fsp3) is 0.391. The van der Waals surface area contributed by atoms with Gasteiger partial charge in [0.05, 0.1) is 11.8 Å². The SMILES string of the molecule is CC(=O)N1CCC2(CC1)Oc1ccccc1[C@H]1CC(c3ccc4c(c3)OCO4)=NN12. The Balaban J connectivity index is 1.39. The maximum absolute atomic E-state index is 11.8. The number of fused-ring (bicyclic) bond motifs is 5. The number of rotatable bonds is 1. The number of hydrogen-bond acceptors (Lipinski definition) is 6. The van der Waals surface area contributed by atoms with Gasteiger partial charge >= 0.3 is 0 Å². The molecule has 0 N–H and O–H groups in total. The van der Waals surface area contributed by atoms with Gasteiger partial charge in [-0.15, -0.1) is 0 Å². The predicted molar refractivity (Wildman–Crippen MR) is 110 cm³/mol. The first-order chi connectivity index (χ1) is 14.6. The van der Waals surface area contributed by atoms with Crippen LogP contribution in [0, 0.1) is 0 Å². The number of para-hydroxylation sites is 1. The second-order valence-corrected chi connectivity index (χ2v) is 8.27. The fourth-order valence-electron chi connectivity index (χ4n) is 4.98. The van der Waals surface area contributed by atoms with Crippen molar-refractivity contribution >= 4 is 11.6 Å². The van der Waals surface area contributed by atoms with Gasteiger partial charge in [-0.1, -0.05) is 18.2 Å². The van der Waals surface area contributed by atoms with Gasteiger partial charge in [-0.2, -0.15) is 5.10 Å². The molecular formula is C23H23N3O4. The molecule has 4 aliphatic rings. The molecule has 0 aromatic heterocycles. The number of piperidine rings is 1. The van der Waals surface area contributed by atoms with Crippen LogP contribution in [-0.4, -0.2) is 47.1 Å². The van der Waals surface area contributed by atoms with Crippen molar-refractivity contribution in [3.05, 3.63) is 53.6 Å². The van der Waals surface area contributed by atoms with Crippen LogP contribution in [0.1, 0.15) is 43.4 Å². The second-order valence-electron chi connectivity index (χ2n) is 8.27. The number of amides is 1. The number of benzene rings is 2. The Bertz CT molecular complexity index is 1060. The van der Waals surface area contributed by atoms with Crippen LogP contribution >= 0.6 is 0 Å². The number of nitrogens with zero attached hydrogens (tertiary/aromatic N) is 3. The molecule has 1 spiro atoms. The highest BCUT2D eigenvalue weighted by Gasteiger charge is 2.52. The number of carbonyl (C=O) groups is 1. The largest absolute Gasteiger partial charge is 0.466 e. The monoisotopic (exact) mass is 405 g/mol. The minimum atomic E-state index is -0.525. The molecule has 1 amide bonds. The van der Waals surface area contributed by atoms with E-state index in [-0.39, 0.29) is 18.7 Å². The van der Waals surface area contributed by atoms with Crippen LogP contribution in [0.25, 0.3) is 0 Å². The van der Waals surface area contributed by atoms with E-state index in [0.29, 0.717) is 13.1 Å². The summed E-state index contributed by atoms with van der Waals surface area (Å²) in [7, 11) is 0. The van der Waals surface area contributed by atoms with Gasteiger partial charge in [0.25, 0.3) is 0 Å². The third kappa shape index (κ3) is 2.57. The van der Waals surface area contributed by atoms with E-state index in [1.165, 1.54) is 0 Å². The summed E-state index contributed by atoms with van der Waals surface area (Å²) >= 11 is 0. The van der Waals surface area contributed by atoms with Crippen molar-refractivity contribution < 1.29 is 19.0 Å². The van der Waals surface area contributed by atoms with Crippen molar-refractivity contribution in [2.24, 2.45) is 5.10 Å². The van der Waals surface area contributed by atoms with Gasteiger partial charge in [-0.25, -0.2) is 5.01 Å². The lowest BCUT2D eigenvalue weighted by molar-refractivity contribution is -0.158. The van der Waals surface area contributed by atoms with Gasteiger partial charge < -0.3 is 19.1 Å². The highest BCUT2D eigenvalue weighted by molar-refractivity contribution is 6.02. The molecule has 0 unspecified atom stereocenters. The number of likely N-dealkylation sites (tertiary alicyclic amines) is 1. The van der Waals surface area contributed by atoms with Crippen molar-refractivity contribution in [3.8, 4) is 17.2 Å². The molecule has 1 fully saturated rings. The van der Waals surface area contributed by atoms with Crippen LogP contribution in [0.4, 0.5) is 0 Å². The summed E-state index contributed by atoms with van der Waals surface area (Å²) in [5, 5.41) is 7.24. The number of hydrogen-bond donors (Lipinski definition) is 0. The first-order valence-electron chi connectivity index (χ1n) is 10.4. The normalized spacial score (nSPS) is 23.0. The van der Waals surface area contributed by atoms with Gasteiger partial charge in [0.15, 0.2) is 11.5 Å². The summed E-state index contributed by atoms with van der Waals surface area (Å²) in [6.45, 7) is 3.24. The molecule has 7 heteroatoms. The Morgan fingerprint density at radius 2 is 1.87 bits per heavy atom. The molecule has 30 heavy (non-hydrogen) atoms. The highest BCUT2D eigenvalue weighted by Crippen LogP contribution is 2.50. The zero-order valence-corrected chi connectivity index (χ0v) is 16.8. The molecule has 7 nitrogen and oxygen atoms in total. The molecule has 1 saturated heterocycles. The number of ether oxygens (including phenoxy) is 3. The van der Waals surface area contributed by atoms with Gasteiger partial charge in [-0.05, 0) is 24.3 Å². The second kappa shape index (κ2) is 6.39. The van der Waals surface area contributed by atoms with Crippen molar-refractivity contribution in [3.63, 3.8) is 0 Å². The topological polar surface area (TPSA) is 63.6 Å². The van der Waals surface area contributed by atoms with Gasteiger partial charge in [0, 0.05) is 50.4 Å². The first kappa shape index (κ1) is 17.6. The zero-order valence-electron chi connectivity index (χ0n) is 16.8. The van der Waals surface area contributed by atoms with Gasteiger partial charge in [-0.3, -0.25) is 4.79 Å². The molecule has 0 bridgehead atoms. The van der Waals surface area contributed by atoms with Crippen LogP contribution in [-0.2, 0) is 4.79 Å². The molecular weight excluding hydrogens is 382 g/mol. The van der Waals surface area contributed by atoms with E-state index in [1.807, 2.05) is 35.2 Å². The smallest absolute Gasteiger partial charge is 0.231 e. The molecule has 4 heterocycles. The van der Waals surface area contributed by atoms with Crippen molar-refractivity contribution in [2.75, 3.05) is 19.9 Å². The van der Waals surface area contributed by atoms with E-state index in [0.717, 1.165) is 53.3 Å². The Kier molecular flexibility index (Phi) is 3.75. The minimum Gasteiger partial charge on any atom is -0.466 e. The molecule has 2 aromatic carbocycles. The molecule has 1 atom stereocenters. The molecule has 0 aliphatic carbocycles. The molecule has 0 radical (unpaired) electrons. The molecule has 4 aliphatic heterocycles. The lowest BCUT2D eigenvalue weighted by Crippen LogP contribution is -2.59. The summed E-state index contributed by atoms with van der Waals surface area (Å²) in [4.78, 5) is 13.7. The Morgan fingerprint density at radius 1 is 1.07 bits per heavy atom. The van der Waals surface area contributed by atoms with Gasteiger partial charge in [0.2, 0.25) is 18.4 Å². The Labute approximate surface area is 174 Å². The maximum Gasteiger partial charge on any atom is 0.231 e. The third-order valence-corrected chi connectivity index (χ3v) is 6.60.